The lowest BCUT2D eigenvalue weighted by molar-refractivity contribution is 0.0955. The van der Waals surface area contributed by atoms with Gasteiger partial charge in [0.25, 0.3) is 5.91 Å². The van der Waals surface area contributed by atoms with Gasteiger partial charge >= 0.3 is 0 Å². The first kappa shape index (κ1) is 25.6. The number of rotatable bonds is 8. The van der Waals surface area contributed by atoms with Crippen LogP contribution in [0.3, 0.4) is 0 Å². The number of aromatic nitrogens is 3. The zero-order chi connectivity index (χ0) is 27.3. The molecule has 0 bridgehead atoms. The second kappa shape index (κ2) is 11.6. The summed E-state index contributed by atoms with van der Waals surface area (Å²) in [5, 5.41) is 17.1. The van der Waals surface area contributed by atoms with Crippen LogP contribution in [0.4, 0.5) is 0 Å². The number of amides is 1. The lowest BCUT2D eigenvalue weighted by Crippen LogP contribution is -2.17. The van der Waals surface area contributed by atoms with E-state index in [-0.39, 0.29) is 0 Å². The molecule has 0 saturated heterocycles. The number of hydrogen-bond donors (Lipinski definition) is 1. The van der Waals surface area contributed by atoms with E-state index in [1.807, 2.05) is 47.0 Å². The molecule has 0 aliphatic rings. The number of hydrogen-bond acceptors (Lipinski definition) is 6. The van der Waals surface area contributed by atoms with Gasteiger partial charge in [-0.2, -0.15) is 5.10 Å². The highest BCUT2D eigenvalue weighted by molar-refractivity contribution is 7.99. The van der Waals surface area contributed by atoms with Crippen LogP contribution in [0.5, 0.6) is 0 Å². The van der Waals surface area contributed by atoms with E-state index in [4.69, 9.17) is 16.0 Å². The van der Waals surface area contributed by atoms with Crippen molar-refractivity contribution in [3.8, 4) is 5.69 Å². The average Bonchev–Trinajstić information content (AvgIpc) is 3.60. The van der Waals surface area contributed by atoms with E-state index < -0.39 is 5.91 Å². The Balaban J connectivity index is 1.23. The van der Waals surface area contributed by atoms with E-state index >= 15 is 0 Å². The molecule has 0 atom stereocenters. The van der Waals surface area contributed by atoms with Crippen molar-refractivity contribution in [1.82, 2.24) is 20.2 Å². The molecule has 40 heavy (non-hydrogen) atoms. The summed E-state index contributed by atoms with van der Waals surface area (Å²) in [6.45, 7) is 0. The third-order valence-electron chi connectivity index (χ3n) is 6.21. The van der Waals surface area contributed by atoms with Gasteiger partial charge in [0.2, 0.25) is 5.16 Å². The van der Waals surface area contributed by atoms with E-state index in [9.17, 15) is 4.79 Å². The Morgan fingerprint density at radius 3 is 2.55 bits per heavy atom. The highest BCUT2D eigenvalue weighted by Gasteiger charge is 2.18. The molecule has 6 aromatic rings. The summed E-state index contributed by atoms with van der Waals surface area (Å²) in [6.07, 6.45) is 2.05. The third-order valence-corrected chi connectivity index (χ3v) is 7.41. The van der Waals surface area contributed by atoms with Crippen LogP contribution >= 0.6 is 23.4 Å². The number of furan rings is 1. The predicted octanol–water partition coefficient (Wildman–Crippen LogP) is 7.17. The molecule has 1 amide bonds. The van der Waals surface area contributed by atoms with Gasteiger partial charge in [-0.1, -0.05) is 84.4 Å². The molecule has 6 rings (SSSR count). The fraction of sp³-hybridized carbons (Fsp3) is 0.0323. The van der Waals surface area contributed by atoms with Crippen molar-refractivity contribution in [1.29, 1.82) is 0 Å². The van der Waals surface area contributed by atoms with Crippen LogP contribution in [0.2, 0.25) is 5.02 Å². The number of halogens is 1. The first-order valence-electron chi connectivity index (χ1n) is 12.5. The summed E-state index contributed by atoms with van der Waals surface area (Å²) in [5.74, 6) is 0.891. The minimum atomic E-state index is -0.405. The van der Waals surface area contributed by atoms with Crippen LogP contribution in [0, 0.1) is 0 Å². The van der Waals surface area contributed by atoms with E-state index in [1.165, 1.54) is 34.3 Å². The summed E-state index contributed by atoms with van der Waals surface area (Å²) in [7, 11) is 0. The molecule has 0 radical (unpaired) electrons. The van der Waals surface area contributed by atoms with E-state index in [0.717, 1.165) is 11.5 Å². The number of carbonyl (C=O) groups is 1. The molecule has 9 heteroatoms. The van der Waals surface area contributed by atoms with Crippen LogP contribution in [-0.4, -0.2) is 26.9 Å². The van der Waals surface area contributed by atoms with Crippen LogP contribution in [0.15, 0.2) is 129 Å². The number of nitrogens with zero attached hydrogens (tertiary/aromatic N) is 4. The number of hydrazone groups is 1. The van der Waals surface area contributed by atoms with Gasteiger partial charge in [0, 0.05) is 12.1 Å². The smallest absolute Gasteiger partial charge is 0.272 e. The molecule has 1 N–H and O–H groups in total. The SMILES string of the molecule is O=C(N/N=C\c1ccc(Sc2nnc(Cc3cccc4ccccc34)n2-c2ccccc2)o1)c1ccccc1Cl. The lowest BCUT2D eigenvalue weighted by Gasteiger charge is -2.11. The zero-order valence-corrected chi connectivity index (χ0v) is 22.6. The molecule has 2 heterocycles. The monoisotopic (exact) mass is 563 g/mol. The number of nitrogens with one attached hydrogen (secondary N) is 1. The highest BCUT2D eigenvalue weighted by atomic mass is 35.5. The van der Waals surface area contributed by atoms with Crippen LogP contribution in [0.25, 0.3) is 16.5 Å². The van der Waals surface area contributed by atoms with Gasteiger partial charge in [0.05, 0.1) is 16.8 Å². The lowest BCUT2D eigenvalue weighted by atomic mass is 10.0. The Kier molecular flexibility index (Phi) is 7.43. The van der Waals surface area contributed by atoms with Gasteiger partial charge in [0.15, 0.2) is 5.09 Å². The Hall–Kier alpha value is -4.66. The Morgan fingerprint density at radius 2 is 1.68 bits per heavy atom. The molecule has 0 fully saturated rings. The molecule has 0 unspecified atom stereocenters. The molecule has 196 valence electrons. The fourth-order valence-corrected chi connectivity index (χ4v) is 5.40. The maximum Gasteiger partial charge on any atom is 0.272 e. The second-order valence-electron chi connectivity index (χ2n) is 8.82. The Bertz CT molecular complexity index is 1830. The molecule has 0 aliphatic heterocycles. The number of para-hydroxylation sites is 1. The highest BCUT2D eigenvalue weighted by Crippen LogP contribution is 2.31. The quantitative estimate of drug-likeness (QED) is 0.157. The first-order valence-corrected chi connectivity index (χ1v) is 13.7. The number of carbonyl (C=O) groups excluding carboxylic acids is 1. The fourth-order valence-electron chi connectivity index (χ4n) is 4.34. The molecule has 7 nitrogen and oxygen atoms in total. The summed E-state index contributed by atoms with van der Waals surface area (Å²) >= 11 is 7.44. The summed E-state index contributed by atoms with van der Waals surface area (Å²) < 4.78 is 7.98. The first-order chi connectivity index (χ1) is 19.7. The third kappa shape index (κ3) is 5.54. The molecule has 4 aromatic carbocycles. The standard InChI is InChI=1S/C31H22ClN5O2S/c32-27-16-7-6-15-26(27)30(38)35-33-20-24-17-18-29(39-24)40-31-36-34-28(37(31)23-12-2-1-3-13-23)19-22-11-8-10-21-9-4-5-14-25(21)22/h1-18,20H,19H2,(H,35,38)/b33-20-. The van der Waals surface area contributed by atoms with E-state index in [1.54, 1.807) is 30.3 Å². The van der Waals surface area contributed by atoms with Crippen LogP contribution in [-0.2, 0) is 6.42 Å². The second-order valence-corrected chi connectivity index (χ2v) is 10.2. The van der Waals surface area contributed by atoms with E-state index in [2.05, 4.69) is 57.1 Å². The summed E-state index contributed by atoms with van der Waals surface area (Å²) in [4.78, 5) is 12.3. The number of fused-ring (bicyclic) bond motifs is 1. The minimum Gasteiger partial charge on any atom is -0.448 e. The van der Waals surface area contributed by atoms with Gasteiger partial charge in [-0.25, -0.2) is 5.43 Å². The zero-order valence-electron chi connectivity index (χ0n) is 21.1. The van der Waals surface area contributed by atoms with E-state index in [0.29, 0.717) is 33.0 Å². The van der Waals surface area contributed by atoms with Gasteiger partial charge in [-0.05, 0) is 64.5 Å². The topological polar surface area (TPSA) is 85.3 Å². The van der Waals surface area contributed by atoms with Crippen LogP contribution < -0.4 is 5.43 Å². The van der Waals surface area contributed by atoms with Crippen molar-refractivity contribution in [2.75, 3.05) is 0 Å². The summed E-state index contributed by atoms with van der Waals surface area (Å²) in [5.41, 5.74) is 4.95. The van der Waals surface area contributed by atoms with Gasteiger partial charge < -0.3 is 4.42 Å². The predicted molar refractivity (Wildman–Crippen MR) is 157 cm³/mol. The van der Waals surface area contributed by atoms with Gasteiger partial charge in [-0.3, -0.25) is 9.36 Å². The molecular formula is C31H22ClN5O2S. The van der Waals surface area contributed by atoms with Crippen molar-refractivity contribution < 1.29 is 9.21 Å². The minimum absolute atomic E-state index is 0.344. The Labute approximate surface area is 239 Å². The van der Waals surface area contributed by atoms with Crippen molar-refractivity contribution in [3.05, 3.63) is 137 Å². The molecule has 0 saturated carbocycles. The normalized spacial score (nSPS) is 11.3. The molecule has 0 spiro atoms. The van der Waals surface area contributed by atoms with Crippen molar-refractivity contribution in [3.63, 3.8) is 0 Å². The number of benzene rings is 4. The largest absolute Gasteiger partial charge is 0.448 e. The van der Waals surface area contributed by atoms with Crippen molar-refractivity contribution in [2.45, 2.75) is 16.7 Å². The van der Waals surface area contributed by atoms with Crippen molar-refractivity contribution >= 4 is 46.3 Å². The maximum atomic E-state index is 12.3. The summed E-state index contributed by atoms with van der Waals surface area (Å²) in [6, 6.07) is 35.0. The molecule has 2 aromatic heterocycles. The average molecular weight is 564 g/mol. The van der Waals surface area contributed by atoms with Crippen molar-refractivity contribution in [2.24, 2.45) is 5.10 Å². The van der Waals surface area contributed by atoms with Crippen LogP contribution in [0.1, 0.15) is 27.5 Å². The molecular weight excluding hydrogens is 542 g/mol. The molecule has 0 aliphatic carbocycles. The van der Waals surface area contributed by atoms with Gasteiger partial charge in [-0.15, -0.1) is 10.2 Å². The Morgan fingerprint density at radius 1 is 0.900 bits per heavy atom. The van der Waals surface area contributed by atoms with Gasteiger partial charge in [0.1, 0.15) is 11.6 Å². The maximum absolute atomic E-state index is 12.3.